The van der Waals surface area contributed by atoms with Gasteiger partial charge in [0.25, 0.3) is 5.91 Å². The molecule has 2 rings (SSSR count). The van der Waals surface area contributed by atoms with E-state index in [-0.39, 0.29) is 12.5 Å². The molecule has 0 spiro atoms. The second kappa shape index (κ2) is 8.78. The molecule has 0 radical (unpaired) electrons. The fraction of sp³-hybridized carbons (Fsp3) is 0.316. The van der Waals surface area contributed by atoms with Gasteiger partial charge in [0.1, 0.15) is 0 Å². The third-order valence-electron chi connectivity index (χ3n) is 4.02. The van der Waals surface area contributed by atoms with E-state index in [1.165, 1.54) is 4.31 Å². The Morgan fingerprint density at radius 2 is 1.76 bits per heavy atom. The Morgan fingerprint density at radius 1 is 1.08 bits per heavy atom. The molecule has 0 aromatic heterocycles. The van der Waals surface area contributed by atoms with Gasteiger partial charge in [-0.15, -0.1) is 0 Å². The summed E-state index contributed by atoms with van der Waals surface area (Å²) in [5.74, 6) is -0.0443. The van der Waals surface area contributed by atoms with E-state index >= 15 is 0 Å². The van der Waals surface area contributed by atoms with Crippen LogP contribution in [0.5, 0.6) is 0 Å². The Hall–Kier alpha value is -2.18. The van der Waals surface area contributed by atoms with Gasteiger partial charge in [-0.2, -0.15) is 0 Å². The number of aryl methyl sites for hydroxylation is 1. The minimum Gasteiger partial charge on any atom is -0.755 e. The Labute approximate surface area is 151 Å². The summed E-state index contributed by atoms with van der Waals surface area (Å²) in [5.41, 5.74) is 2.93. The number of anilines is 1. The van der Waals surface area contributed by atoms with Gasteiger partial charge in [0.05, 0.1) is 6.54 Å². The average molecular weight is 359 g/mol. The summed E-state index contributed by atoms with van der Waals surface area (Å²) >= 11 is -2.40. The van der Waals surface area contributed by atoms with Crippen molar-refractivity contribution >= 4 is 22.9 Å². The number of benzene rings is 2. The Kier molecular flexibility index (Phi) is 6.73. The van der Waals surface area contributed by atoms with Crippen LogP contribution in [0.15, 0.2) is 48.5 Å². The van der Waals surface area contributed by atoms with Crippen LogP contribution in [-0.4, -0.2) is 32.7 Å². The van der Waals surface area contributed by atoms with Crippen molar-refractivity contribution in [2.45, 2.75) is 27.3 Å². The number of hydrogen-bond donors (Lipinski definition) is 0. The van der Waals surface area contributed by atoms with Gasteiger partial charge in [0, 0.05) is 35.6 Å². The lowest BCUT2D eigenvalue weighted by atomic mass is 10.1. The number of amides is 1. The lowest BCUT2D eigenvalue weighted by Gasteiger charge is -2.27. The van der Waals surface area contributed by atoms with Crippen LogP contribution in [0.2, 0.25) is 0 Å². The van der Waals surface area contributed by atoms with Crippen LogP contribution >= 0.6 is 0 Å². The van der Waals surface area contributed by atoms with E-state index in [1.54, 1.807) is 29.2 Å². The fourth-order valence-corrected chi connectivity index (χ4v) is 3.22. The zero-order valence-corrected chi connectivity index (χ0v) is 15.6. The molecule has 2 aromatic carbocycles. The first-order valence-electron chi connectivity index (χ1n) is 8.28. The van der Waals surface area contributed by atoms with Crippen molar-refractivity contribution in [3.63, 3.8) is 0 Å². The van der Waals surface area contributed by atoms with Crippen LogP contribution < -0.4 is 4.31 Å². The highest BCUT2D eigenvalue weighted by Gasteiger charge is 2.14. The van der Waals surface area contributed by atoms with Crippen LogP contribution in [0.1, 0.15) is 35.3 Å². The van der Waals surface area contributed by atoms with Crippen molar-refractivity contribution in [3.05, 3.63) is 65.2 Å². The number of nitrogens with zero attached hydrogens (tertiary/aromatic N) is 2. The Morgan fingerprint density at radius 3 is 2.36 bits per heavy atom. The van der Waals surface area contributed by atoms with Crippen molar-refractivity contribution in [2.75, 3.05) is 17.4 Å². The van der Waals surface area contributed by atoms with E-state index in [0.717, 1.165) is 11.1 Å². The Balaban J connectivity index is 2.27. The van der Waals surface area contributed by atoms with Crippen molar-refractivity contribution < 1.29 is 13.6 Å². The van der Waals surface area contributed by atoms with Gasteiger partial charge in [-0.3, -0.25) is 13.3 Å². The molecule has 25 heavy (non-hydrogen) atoms. The largest absolute Gasteiger partial charge is 0.755 e. The number of hydrogen-bond acceptors (Lipinski definition) is 3. The highest BCUT2D eigenvalue weighted by Crippen LogP contribution is 2.20. The lowest BCUT2D eigenvalue weighted by Crippen LogP contribution is -2.30. The maximum absolute atomic E-state index is 12.5. The van der Waals surface area contributed by atoms with Crippen molar-refractivity contribution in [1.29, 1.82) is 0 Å². The fourth-order valence-electron chi connectivity index (χ4n) is 2.68. The van der Waals surface area contributed by atoms with Gasteiger partial charge < -0.3 is 9.45 Å². The molecule has 0 fully saturated rings. The van der Waals surface area contributed by atoms with Gasteiger partial charge in [0.2, 0.25) is 0 Å². The molecule has 0 heterocycles. The molecule has 1 unspecified atom stereocenters. The number of carbonyl (C=O) groups is 1. The molecular weight excluding hydrogens is 336 g/mol. The first-order chi connectivity index (χ1) is 12.0. The summed E-state index contributed by atoms with van der Waals surface area (Å²) in [6.45, 7) is 7.24. The molecule has 5 nitrogen and oxygen atoms in total. The first-order valence-corrected chi connectivity index (χ1v) is 9.31. The molecule has 1 atom stereocenters. The minimum atomic E-state index is -2.40. The normalized spacial score (nSPS) is 11.8. The van der Waals surface area contributed by atoms with Gasteiger partial charge in [-0.1, -0.05) is 24.3 Å². The quantitative estimate of drug-likeness (QED) is 0.713. The molecule has 0 N–H and O–H groups in total. The van der Waals surface area contributed by atoms with Gasteiger partial charge in [-0.05, 0) is 56.2 Å². The SMILES string of the molecule is CCN(CC)C(=O)c1cccc(CN(c2cccc(C)c2)S(=O)[O-])c1. The summed E-state index contributed by atoms with van der Waals surface area (Å²) in [6.07, 6.45) is 0. The van der Waals surface area contributed by atoms with Crippen molar-refractivity contribution in [3.8, 4) is 0 Å². The van der Waals surface area contributed by atoms with Gasteiger partial charge in [-0.25, -0.2) is 0 Å². The summed E-state index contributed by atoms with van der Waals surface area (Å²) in [5, 5.41) is 0. The summed E-state index contributed by atoms with van der Waals surface area (Å²) in [7, 11) is 0. The zero-order valence-electron chi connectivity index (χ0n) is 14.8. The zero-order chi connectivity index (χ0) is 18.4. The summed E-state index contributed by atoms with van der Waals surface area (Å²) in [4.78, 5) is 14.2. The summed E-state index contributed by atoms with van der Waals surface area (Å²) < 4.78 is 24.7. The maximum Gasteiger partial charge on any atom is 0.253 e. The average Bonchev–Trinajstić information content (AvgIpc) is 2.60. The molecule has 6 heteroatoms. The molecule has 0 aliphatic heterocycles. The minimum absolute atomic E-state index is 0.0443. The molecule has 0 bridgehead atoms. The van der Waals surface area contributed by atoms with Crippen molar-refractivity contribution in [1.82, 2.24) is 4.90 Å². The molecule has 0 aliphatic carbocycles. The van der Waals surface area contributed by atoms with Gasteiger partial charge in [0.15, 0.2) is 0 Å². The van der Waals surface area contributed by atoms with E-state index in [1.807, 2.05) is 45.0 Å². The van der Waals surface area contributed by atoms with Crippen LogP contribution in [0.3, 0.4) is 0 Å². The third-order valence-corrected chi connectivity index (χ3v) is 4.72. The van der Waals surface area contributed by atoms with E-state index in [0.29, 0.717) is 24.3 Å². The molecule has 0 aliphatic rings. The standard InChI is InChI=1S/C19H24N2O3S/c1-4-20(5-2)19(22)17-10-7-9-16(13-17)14-21(25(23)24)18-11-6-8-15(3)12-18/h6-13H,4-5,14H2,1-3H3,(H,23,24)/p-1. The number of rotatable bonds is 7. The third kappa shape index (κ3) is 4.90. The predicted molar refractivity (Wildman–Crippen MR) is 100.0 cm³/mol. The molecule has 134 valence electrons. The predicted octanol–water partition coefficient (Wildman–Crippen LogP) is 3.28. The highest BCUT2D eigenvalue weighted by molar-refractivity contribution is 7.80. The summed E-state index contributed by atoms with van der Waals surface area (Å²) in [6, 6.07) is 14.5. The van der Waals surface area contributed by atoms with Crippen LogP contribution in [0, 0.1) is 6.92 Å². The molecule has 2 aromatic rings. The topological polar surface area (TPSA) is 63.7 Å². The highest BCUT2D eigenvalue weighted by atomic mass is 32.2. The van der Waals surface area contributed by atoms with Crippen LogP contribution in [-0.2, 0) is 17.8 Å². The van der Waals surface area contributed by atoms with E-state index in [4.69, 9.17) is 0 Å². The van der Waals surface area contributed by atoms with Gasteiger partial charge >= 0.3 is 0 Å². The molecule has 0 saturated carbocycles. The smallest absolute Gasteiger partial charge is 0.253 e. The van der Waals surface area contributed by atoms with E-state index < -0.39 is 11.3 Å². The monoisotopic (exact) mass is 359 g/mol. The lowest BCUT2D eigenvalue weighted by molar-refractivity contribution is 0.0773. The second-order valence-electron chi connectivity index (χ2n) is 5.77. The molecular formula is C19H23N2O3S-. The number of carbonyl (C=O) groups excluding carboxylic acids is 1. The van der Waals surface area contributed by atoms with Crippen molar-refractivity contribution in [2.24, 2.45) is 0 Å². The van der Waals surface area contributed by atoms with E-state index in [9.17, 15) is 13.6 Å². The van der Waals surface area contributed by atoms with E-state index in [2.05, 4.69) is 0 Å². The molecule has 1 amide bonds. The Bertz CT molecular complexity index is 760. The maximum atomic E-state index is 12.5. The molecule has 0 saturated heterocycles. The second-order valence-corrected chi connectivity index (χ2v) is 6.65. The van der Waals surface area contributed by atoms with Crippen LogP contribution in [0.4, 0.5) is 5.69 Å². The first kappa shape index (κ1) is 19.1. The van der Waals surface area contributed by atoms with Crippen LogP contribution in [0.25, 0.3) is 0 Å².